The van der Waals surface area contributed by atoms with E-state index in [1.165, 1.54) is 51.0 Å². The summed E-state index contributed by atoms with van der Waals surface area (Å²) in [5.41, 5.74) is 1.70. The van der Waals surface area contributed by atoms with E-state index < -0.39 is 0 Å². The quantitative estimate of drug-likeness (QED) is 0.875. The van der Waals surface area contributed by atoms with Crippen LogP contribution in [-0.4, -0.2) is 47.2 Å². The summed E-state index contributed by atoms with van der Waals surface area (Å²) in [4.78, 5) is 6.98. The maximum absolute atomic E-state index is 4.38. The molecule has 19 heavy (non-hydrogen) atoms. The van der Waals surface area contributed by atoms with Gasteiger partial charge in [0.2, 0.25) is 0 Å². The zero-order valence-corrected chi connectivity index (χ0v) is 12.1. The first-order chi connectivity index (χ1) is 9.28. The summed E-state index contributed by atoms with van der Waals surface area (Å²) in [5, 5.41) is 3.48. The molecule has 0 spiro atoms. The number of nitrogens with zero attached hydrogens (tertiary/aromatic N) is 3. The molecule has 0 aromatic carbocycles. The Morgan fingerprint density at radius 3 is 2.89 bits per heavy atom. The number of rotatable bonds is 5. The fourth-order valence-corrected chi connectivity index (χ4v) is 3.51. The average molecular weight is 262 g/mol. The second-order valence-electron chi connectivity index (χ2n) is 6.36. The Labute approximate surface area is 116 Å². The number of hydrogen-bond donors (Lipinski definition) is 1. The van der Waals surface area contributed by atoms with Crippen LogP contribution in [0.1, 0.15) is 38.3 Å². The van der Waals surface area contributed by atoms with Gasteiger partial charge in [-0.05, 0) is 51.9 Å². The maximum Gasteiger partial charge on any atom is 0.0948 e. The van der Waals surface area contributed by atoms with Crippen LogP contribution < -0.4 is 5.32 Å². The number of aryl methyl sites for hydroxylation is 1. The highest BCUT2D eigenvalue weighted by Gasteiger charge is 2.33. The van der Waals surface area contributed by atoms with E-state index in [-0.39, 0.29) is 5.41 Å². The lowest BCUT2D eigenvalue weighted by atomic mass is 9.86. The van der Waals surface area contributed by atoms with Crippen LogP contribution in [0.25, 0.3) is 0 Å². The molecule has 4 heteroatoms. The van der Waals surface area contributed by atoms with Gasteiger partial charge < -0.3 is 14.8 Å². The van der Waals surface area contributed by atoms with Crippen molar-refractivity contribution < 1.29 is 0 Å². The normalized spacial score (nSPS) is 28.3. The highest BCUT2D eigenvalue weighted by atomic mass is 15.1. The Bertz CT molecular complexity index is 400. The smallest absolute Gasteiger partial charge is 0.0948 e. The molecule has 2 aliphatic heterocycles. The number of imidazole rings is 1. The molecule has 1 aromatic rings. The third-order valence-electron chi connectivity index (χ3n) is 4.77. The lowest BCUT2D eigenvalue weighted by Gasteiger charge is -2.24. The molecule has 3 heterocycles. The van der Waals surface area contributed by atoms with Gasteiger partial charge in [-0.1, -0.05) is 6.92 Å². The largest absolute Gasteiger partial charge is 0.334 e. The van der Waals surface area contributed by atoms with Crippen LogP contribution >= 0.6 is 0 Å². The Morgan fingerprint density at radius 1 is 1.32 bits per heavy atom. The number of nitrogens with one attached hydrogen (secondary N) is 1. The first kappa shape index (κ1) is 13.1. The molecule has 1 unspecified atom stereocenters. The van der Waals surface area contributed by atoms with E-state index >= 15 is 0 Å². The zero-order valence-electron chi connectivity index (χ0n) is 12.1. The van der Waals surface area contributed by atoms with Crippen LogP contribution in [0.4, 0.5) is 0 Å². The standard InChI is InChI=1S/C15H26N4/c1-15(5-6-16-12-15)14-11-17-13-19(14)10-4-9-18-7-2-3-8-18/h11,13,16H,2-10,12H2,1H3. The van der Waals surface area contributed by atoms with Crippen LogP contribution in [0.15, 0.2) is 12.5 Å². The van der Waals surface area contributed by atoms with Gasteiger partial charge in [0.15, 0.2) is 0 Å². The first-order valence-electron chi connectivity index (χ1n) is 7.72. The van der Waals surface area contributed by atoms with Gasteiger partial charge in [-0.2, -0.15) is 0 Å². The summed E-state index contributed by atoms with van der Waals surface area (Å²) in [6, 6.07) is 0. The minimum absolute atomic E-state index is 0.282. The highest BCUT2D eigenvalue weighted by Crippen LogP contribution is 2.29. The van der Waals surface area contributed by atoms with E-state index in [1.807, 2.05) is 6.33 Å². The highest BCUT2D eigenvalue weighted by molar-refractivity contribution is 5.17. The van der Waals surface area contributed by atoms with Gasteiger partial charge >= 0.3 is 0 Å². The molecular weight excluding hydrogens is 236 g/mol. The molecule has 4 nitrogen and oxygen atoms in total. The summed E-state index contributed by atoms with van der Waals surface area (Å²) in [6.07, 6.45) is 9.34. The van der Waals surface area contributed by atoms with Crippen LogP contribution in [-0.2, 0) is 12.0 Å². The summed E-state index contributed by atoms with van der Waals surface area (Å²) in [7, 11) is 0. The summed E-state index contributed by atoms with van der Waals surface area (Å²) < 4.78 is 2.38. The van der Waals surface area contributed by atoms with Crippen LogP contribution in [0.2, 0.25) is 0 Å². The second-order valence-corrected chi connectivity index (χ2v) is 6.36. The Kier molecular flexibility index (Phi) is 3.89. The molecule has 2 saturated heterocycles. The minimum atomic E-state index is 0.282. The van der Waals surface area contributed by atoms with Crippen LogP contribution in [0.5, 0.6) is 0 Å². The lowest BCUT2D eigenvalue weighted by Crippen LogP contribution is -2.28. The summed E-state index contributed by atoms with van der Waals surface area (Å²) in [6.45, 7) is 9.55. The van der Waals surface area contributed by atoms with E-state index in [9.17, 15) is 0 Å². The van der Waals surface area contributed by atoms with Crippen molar-refractivity contribution in [1.29, 1.82) is 0 Å². The second kappa shape index (κ2) is 5.63. The van der Waals surface area contributed by atoms with Crippen molar-refractivity contribution in [2.24, 2.45) is 0 Å². The molecule has 3 rings (SSSR count). The Hall–Kier alpha value is -0.870. The van der Waals surface area contributed by atoms with Gasteiger partial charge in [-0.15, -0.1) is 0 Å². The molecule has 0 amide bonds. The van der Waals surface area contributed by atoms with Crippen molar-refractivity contribution in [2.45, 2.75) is 44.6 Å². The summed E-state index contributed by atoms with van der Waals surface area (Å²) in [5.74, 6) is 0. The molecule has 2 aliphatic rings. The van der Waals surface area contributed by atoms with Gasteiger partial charge in [0.1, 0.15) is 0 Å². The van der Waals surface area contributed by atoms with Crippen molar-refractivity contribution in [2.75, 3.05) is 32.7 Å². The molecule has 106 valence electrons. The SMILES string of the molecule is CC1(c2cncn2CCCN2CCCC2)CCNC1. The summed E-state index contributed by atoms with van der Waals surface area (Å²) >= 11 is 0. The Balaban J connectivity index is 1.57. The van der Waals surface area contributed by atoms with Gasteiger partial charge in [-0.25, -0.2) is 4.98 Å². The molecule has 0 bridgehead atoms. The van der Waals surface area contributed by atoms with Crippen molar-refractivity contribution in [3.05, 3.63) is 18.2 Å². The lowest BCUT2D eigenvalue weighted by molar-refractivity contribution is 0.322. The van der Waals surface area contributed by atoms with E-state index in [1.54, 1.807) is 0 Å². The van der Waals surface area contributed by atoms with Crippen molar-refractivity contribution >= 4 is 0 Å². The molecule has 0 aliphatic carbocycles. The number of hydrogen-bond acceptors (Lipinski definition) is 3. The third kappa shape index (κ3) is 2.84. The van der Waals surface area contributed by atoms with E-state index in [0.29, 0.717) is 0 Å². The monoisotopic (exact) mass is 262 g/mol. The predicted molar refractivity (Wildman–Crippen MR) is 77.4 cm³/mol. The third-order valence-corrected chi connectivity index (χ3v) is 4.77. The van der Waals surface area contributed by atoms with Gasteiger partial charge in [0.25, 0.3) is 0 Å². The minimum Gasteiger partial charge on any atom is -0.334 e. The van der Waals surface area contributed by atoms with Crippen molar-refractivity contribution in [1.82, 2.24) is 19.8 Å². The zero-order chi connectivity index (χ0) is 13.1. The molecule has 1 aromatic heterocycles. The molecular formula is C15H26N4. The van der Waals surface area contributed by atoms with Crippen molar-refractivity contribution in [3.8, 4) is 0 Å². The molecule has 0 radical (unpaired) electrons. The van der Waals surface area contributed by atoms with Gasteiger partial charge in [0, 0.05) is 30.4 Å². The van der Waals surface area contributed by atoms with Crippen molar-refractivity contribution in [3.63, 3.8) is 0 Å². The Morgan fingerprint density at radius 2 is 2.16 bits per heavy atom. The number of aromatic nitrogens is 2. The van der Waals surface area contributed by atoms with Crippen LogP contribution in [0, 0.1) is 0 Å². The van der Waals surface area contributed by atoms with Gasteiger partial charge in [-0.3, -0.25) is 0 Å². The number of likely N-dealkylation sites (tertiary alicyclic amines) is 1. The van der Waals surface area contributed by atoms with E-state index in [4.69, 9.17) is 0 Å². The maximum atomic E-state index is 4.38. The fourth-order valence-electron chi connectivity index (χ4n) is 3.51. The molecule has 2 fully saturated rings. The van der Waals surface area contributed by atoms with E-state index in [0.717, 1.165) is 19.6 Å². The molecule has 1 N–H and O–H groups in total. The van der Waals surface area contributed by atoms with E-state index in [2.05, 4.69) is 32.9 Å². The predicted octanol–water partition coefficient (Wildman–Crippen LogP) is 1.62. The topological polar surface area (TPSA) is 33.1 Å². The fraction of sp³-hybridized carbons (Fsp3) is 0.800. The van der Waals surface area contributed by atoms with Crippen LogP contribution in [0.3, 0.4) is 0 Å². The molecule has 1 atom stereocenters. The van der Waals surface area contributed by atoms with Gasteiger partial charge in [0.05, 0.1) is 6.33 Å². The average Bonchev–Trinajstić information content (AvgIpc) is 3.10. The molecule has 0 saturated carbocycles. The first-order valence-corrected chi connectivity index (χ1v) is 7.72.